The molecule has 0 saturated carbocycles. The van der Waals surface area contributed by atoms with E-state index in [4.69, 9.17) is 0 Å². The Morgan fingerprint density at radius 2 is 0.810 bits per heavy atom. The first kappa shape index (κ1) is 33.8. The van der Waals surface area contributed by atoms with Gasteiger partial charge in [-0.2, -0.15) is 0 Å². The van der Waals surface area contributed by atoms with Crippen LogP contribution >= 0.6 is 12.4 Å². The van der Waals surface area contributed by atoms with Gasteiger partial charge in [-0.25, -0.2) is 9.13 Å². The first-order valence-electron chi connectivity index (χ1n) is 14.6. The fraction of sp³-hybridized carbons (Fsp3) is 0.353. The highest BCUT2D eigenvalue weighted by atomic mass is 127. The van der Waals surface area contributed by atoms with E-state index in [9.17, 15) is 0 Å². The summed E-state index contributed by atoms with van der Waals surface area (Å²) in [5.41, 5.74) is 2.82. The van der Waals surface area contributed by atoms with E-state index >= 15 is 0 Å². The monoisotopic (exact) mass is 699 g/mol. The van der Waals surface area contributed by atoms with Crippen molar-refractivity contribution in [3.05, 3.63) is 121 Å². The summed E-state index contributed by atoms with van der Waals surface area (Å²) in [4.78, 5) is 10.0. The second-order valence-corrected chi connectivity index (χ2v) is 10.8. The molecule has 4 aromatic rings. The number of benzene rings is 2. The lowest BCUT2D eigenvalue weighted by Crippen LogP contribution is -3.00. The van der Waals surface area contributed by atoms with Crippen molar-refractivity contribution in [2.24, 2.45) is 14.1 Å². The molecule has 0 N–H and O–H groups in total. The van der Waals surface area contributed by atoms with Gasteiger partial charge >= 0.3 is 0 Å². The number of aromatic nitrogens is 2. The van der Waals surface area contributed by atoms with Crippen LogP contribution in [0.3, 0.4) is 0 Å². The van der Waals surface area contributed by atoms with Crippen LogP contribution in [-0.2, 0) is 27.2 Å². The van der Waals surface area contributed by atoms with Crippen molar-refractivity contribution in [3.63, 3.8) is 0 Å². The maximum absolute atomic E-state index is 2.54. The van der Waals surface area contributed by atoms with Crippen LogP contribution in [0.4, 0.5) is 11.6 Å². The van der Waals surface area contributed by atoms with Crippen LogP contribution in [0.2, 0.25) is 0 Å². The fourth-order valence-corrected chi connectivity index (χ4v) is 5.64. The van der Waals surface area contributed by atoms with Gasteiger partial charge in [-0.15, -0.1) is 12.4 Å². The Kier molecular flexibility index (Phi) is 14.0. The van der Waals surface area contributed by atoms with Crippen LogP contribution in [0.15, 0.2) is 109 Å². The number of anilines is 2. The third-order valence-electron chi connectivity index (χ3n) is 7.95. The molecule has 0 amide bonds. The normalized spacial score (nSPS) is 15.6. The second kappa shape index (κ2) is 17.4. The molecule has 0 aliphatic carbocycles. The van der Waals surface area contributed by atoms with Gasteiger partial charge < -0.3 is 24.0 Å². The zero-order valence-electron chi connectivity index (χ0n) is 24.9. The Bertz CT molecular complexity index is 1210. The van der Waals surface area contributed by atoms with Gasteiger partial charge in [0, 0.05) is 51.4 Å². The minimum absolute atomic E-state index is 0. The number of nitrogens with zero attached hydrogens (tertiary/aromatic N) is 6. The molecule has 2 fully saturated rings. The molecule has 224 valence electrons. The molecule has 2 aromatic carbocycles. The predicted molar refractivity (Wildman–Crippen MR) is 170 cm³/mol. The van der Waals surface area contributed by atoms with Gasteiger partial charge in [0.15, 0.2) is 0 Å². The smallest absolute Gasteiger partial charge is 0.276 e. The Hall–Kier alpha value is -2.72. The van der Waals surface area contributed by atoms with E-state index in [0.29, 0.717) is 0 Å². The van der Waals surface area contributed by atoms with Crippen molar-refractivity contribution in [1.82, 2.24) is 9.80 Å². The molecule has 8 heteroatoms. The van der Waals surface area contributed by atoms with E-state index in [2.05, 4.69) is 152 Å². The summed E-state index contributed by atoms with van der Waals surface area (Å²) in [6, 6.07) is 34.3. The van der Waals surface area contributed by atoms with E-state index in [1.165, 1.54) is 22.8 Å². The standard InChI is InChI=1S/2C17H22N3.ClH.HI/c2*1-18-10-6-5-9-17(18)20-13-11-19(12-14-20)15-16-7-3-2-4-8-16;;/h2*2-10H,11-15H2,1H3;2*1H/q2*+1;;/p-1. The van der Waals surface area contributed by atoms with Gasteiger partial charge in [-0.1, -0.05) is 72.8 Å². The van der Waals surface area contributed by atoms with Crippen molar-refractivity contribution in [2.45, 2.75) is 13.1 Å². The molecule has 42 heavy (non-hydrogen) atoms. The Morgan fingerprint density at radius 3 is 1.14 bits per heavy atom. The first-order chi connectivity index (χ1) is 19.7. The predicted octanol–water partition coefficient (Wildman–Crippen LogP) is 1.09. The van der Waals surface area contributed by atoms with Crippen LogP contribution in [0.5, 0.6) is 0 Å². The minimum Gasteiger partial charge on any atom is -1.00 e. The summed E-state index contributed by atoms with van der Waals surface area (Å²) in [5.74, 6) is 2.62. The SMILES string of the molecule is C[n+]1ccccc1N1CCN(Cc2ccccc2)CC1.C[n+]1ccccc1N1CCN(Cc2ccccc2)CC1.Cl.[I-]. The molecule has 0 unspecified atom stereocenters. The molecule has 6 nitrogen and oxygen atoms in total. The number of pyridine rings is 2. The summed E-state index contributed by atoms with van der Waals surface area (Å²) in [7, 11) is 4.23. The van der Waals surface area contributed by atoms with E-state index in [1.807, 2.05) is 0 Å². The van der Waals surface area contributed by atoms with Gasteiger partial charge in [-0.05, 0) is 23.3 Å². The number of hydrogen-bond donors (Lipinski definition) is 0. The maximum atomic E-state index is 2.54. The lowest BCUT2D eigenvalue weighted by molar-refractivity contribution is -0.659. The van der Waals surface area contributed by atoms with E-state index in [-0.39, 0.29) is 36.4 Å². The zero-order valence-corrected chi connectivity index (χ0v) is 27.9. The number of rotatable bonds is 6. The zero-order chi connectivity index (χ0) is 27.6. The highest BCUT2D eigenvalue weighted by molar-refractivity contribution is 5.85. The summed E-state index contributed by atoms with van der Waals surface area (Å²) in [6.07, 6.45) is 4.23. The van der Waals surface area contributed by atoms with Crippen LogP contribution in [0.25, 0.3) is 0 Å². The largest absolute Gasteiger partial charge is 1.00 e. The number of hydrogen-bond acceptors (Lipinski definition) is 4. The molecule has 4 heterocycles. The average molecular weight is 700 g/mol. The Balaban J connectivity index is 0.000000220. The van der Waals surface area contributed by atoms with Crippen molar-refractivity contribution >= 4 is 24.0 Å². The van der Waals surface area contributed by atoms with Gasteiger partial charge in [0.25, 0.3) is 11.6 Å². The van der Waals surface area contributed by atoms with Crippen LogP contribution in [0, 0.1) is 0 Å². The molecule has 6 rings (SSSR count). The third-order valence-corrected chi connectivity index (χ3v) is 7.95. The van der Waals surface area contributed by atoms with Crippen molar-refractivity contribution in [3.8, 4) is 0 Å². The molecule has 0 radical (unpaired) electrons. The molecule has 0 bridgehead atoms. The molecular weight excluding hydrogens is 655 g/mol. The highest BCUT2D eigenvalue weighted by Gasteiger charge is 2.25. The van der Waals surface area contributed by atoms with Crippen LogP contribution in [-0.4, -0.2) is 62.2 Å². The molecule has 0 spiro atoms. The second-order valence-electron chi connectivity index (χ2n) is 10.8. The quantitative estimate of drug-likeness (QED) is 0.222. The van der Waals surface area contributed by atoms with E-state index in [1.54, 1.807) is 0 Å². The minimum atomic E-state index is 0. The molecule has 0 atom stereocenters. The first-order valence-corrected chi connectivity index (χ1v) is 14.6. The lowest BCUT2D eigenvalue weighted by atomic mass is 10.2. The summed E-state index contributed by atoms with van der Waals surface area (Å²) >= 11 is 0. The van der Waals surface area contributed by atoms with Gasteiger partial charge in [0.05, 0.1) is 52.7 Å². The summed E-state index contributed by atoms with van der Waals surface area (Å²) in [5, 5.41) is 0. The molecular formula is C34H45ClIN6+. The third kappa shape index (κ3) is 9.66. The Morgan fingerprint density at radius 1 is 0.476 bits per heavy atom. The van der Waals surface area contributed by atoms with Gasteiger partial charge in [-0.3, -0.25) is 19.6 Å². The maximum Gasteiger partial charge on any atom is 0.276 e. The summed E-state index contributed by atoms with van der Waals surface area (Å²) < 4.78 is 4.40. The number of piperazine rings is 2. The van der Waals surface area contributed by atoms with Crippen LogP contribution in [0.1, 0.15) is 11.1 Å². The molecule has 2 aliphatic rings. The molecule has 2 saturated heterocycles. The van der Waals surface area contributed by atoms with E-state index in [0.717, 1.165) is 65.4 Å². The topological polar surface area (TPSA) is 20.7 Å². The summed E-state index contributed by atoms with van der Waals surface area (Å²) in [6.45, 7) is 11.1. The van der Waals surface area contributed by atoms with Gasteiger partial charge in [0.2, 0.25) is 0 Å². The van der Waals surface area contributed by atoms with Crippen molar-refractivity contribution in [2.75, 3.05) is 62.2 Å². The Labute approximate surface area is 275 Å². The van der Waals surface area contributed by atoms with Gasteiger partial charge in [0.1, 0.15) is 0 Å². The molecule has 2 aliphatic heterocycles. The fourth-order valence-electron chi connectivity index (χ4n) is 5.64. The van der Waals surface area contributed by atoms with Crippen molar-refractivity contribution in [1.29, 1.82) is 0 Å². The van der Waals surface area contributed by atoms with Crippen molar-refractivity contribution < 1.29 is 33.1 Å². The highest BCUT2D eigenvalue weighted by Crippen LogP contribution is 2.14. The van der Waals surface area contributed by atoms with E-state index < -0.39 is 0 Å². The number of halogens is 2. The number of aryl methyl sites for hydroxylation is 2. The molecule has 2 aromatic heterocycles. The van der Waals surface area contributed by atoms with Crippen LogP contribution < -0.4 is 42.9 Å². The lowest BCUT2D eigenvalue weighted by Gasteiger charge is -2.31. The average Bonchev–Trinajstić information content (AvgIpc) is 3.00.